The molecule has 148 valence electrons. The minimum Gasteiger partial charge on any atom is -0.468 e. The Labute approximate surface area is 162 Å². The molecule has 0 radical (unpaired) electrons. The number of nitriles is 1. The number of aryl methyl sites for hydroxylation is 1. The quantitative estimate of drug-likeness (QED) is 0.662. The number of aromatic nitrogens is 2. The van der Waals surface area contributed by atoms with Crippen molar-refractivity contribution in [2.75, 3.05) is 6.61 Å². The average molecular weight is 389 g/mol. The van der Waals surface area contributed by atoms with Crippen molar-refractivity contribution in [3.8, 4) is 23.1 Å². The first-order valence-electron chi connectivity index (χ1n) is 9.42. The van der Waals surface area contributed by atoms with Crippen LogP contribution in [0.3, 0.4) is 0 Å². The molecule has 0 saturated carbocycles. The average Bonchev–Trinajstić information content (AvgIpc) is 2.89. The highest BCUT2D eigenvalue weighted by atomic mass is 19.4. The van der Waals surface area contributed by atoms with Crippen LogP contribution in [0.4, 0.5) is 13.2 Å². The van der Waals surface area contributed by atoms with Gasteiger partial charge in [0.1, 0.15) is 6.07 Å². The Morgan fingerprint density at radius 1 is 1.21 bits per heavy atom. The molecule has 2 aromatic rings. The first-order chi connectivity index (χ1) is 13.3. The van der Waals surface area contributed by atoms with Gasteiger partial charge in [-0.3, -0.25) is 4.98 Å². The molecule has 0 bridgehead atoms. The van der Waals surface area contributed by atoms with E-state index in [2.05, 4.69) is 11.1 Å². The number of nitrogens with zero attached hydrogens (tertiary/aromatic N) is 3. The number of ether oxygens (including phenoxy) is 1. The molecule has 0 aromatic carbocycles. The van der Waals surface area contributed by atoms with Crippen molar-refractivity contribution in [3.63, 3.8) is 0 Å². The SMILES string of the molecule is CC(C)c1nc2c(c(-c3ccnc(OCC(F)(F)F)c3)c1C#N)CCCCC2. The summed E-state index contributed by atoms with van der Waals surface area (Å²) in [5.41, 5.74) is 4.64. The topological polar surface area (TPSA) is 58.8 Å². The summed E-state index contributed by atoms with van der Waals surface area (Å²) in [4.78, 5) is 8.69. The van der Waals surface area contributed by atoms with Crippen LogP contribution >= 0.6 is 0 Å². The highest BCUT2D eigenvalue weighted by molar-refractivity contribution is 5.76. The number of fused-ring (bicyclic) bond motifs is 1. The Bertz CT molecular complexity index is 901. The normalized spacial score (nSPS) is 14.3. The molecule has 1 aliphatic rings. The summed E-state index contributed by atoms with van der Waals surface area (Å²) in [5.74, 6) is -0.0475. The first kappa shape index (κ1) is 20.1. The molecule has 2 heterocycles. The van der Waals surface area contributed by atoms with Crippen molar-refractivity contribution in [1.29, 1.82) is 5.26 Å². The lowest BCUT2D eigenvalue weighted by Crippen LogP contribution is -2.19. The van der Waals surface area contributed by atoms with Gasteiger partial charge in [0.15, 0.2) is 6.61 Å². The van der Waals surface area contributed by atoms with Crippen molar-refractivity contribution in [3.05, 3.63) is 40.8 Å². The van der Waals surface area contributed by atoms with Gasteiger partial charge in [-0.05, 0) is 48.8 Å². The van der Waals surface area contributed by atoms with Crippen LogP contribution in [0.1, 0.15) is 61.5 Å². The number of rotatable bonds is 4. The van der Waals surface area contributed by atoms with E-state index in [4.69, 9.17) is 9.72 Å². The lowest BCUT2D eigenvalue weighted by molar-refractivity contribution is -0.154. The third kappa shape index (κ3) is 4.44. The van der Waals surface area contributed by atoms with Gasteiger partial charge in [0, 0.05) is 23.5 Å². The summed E-state index contributed by atoms with van der Waals surface area (Å²) in [7, 11) is 0. The van der Waals surface area contributed by atoms with Crippen LogP contribution in [0.25, 0.3) is 11.1 Å². The second kappa shape index (κ2) is 8.17. The maximum absolute atomic E-state index is 12.5. The fourth-order valence-corrected chi connectivity index (χ4v) is 3.59. The number of hydrogen-bond acceptors (Lipinski definition) is 4. The standard InChI is InChI=1S/C21H22F3N3O/c1-13(2)20-16(11-25)19(15-6-4-3-5-7-17(15)27-20)14-8-9-26-18(10-14)28-12-21(22,23)24/h8-10,13H,3-7,12H2,1-2H3. The molecule has 0 aliphatic heterocycles. The number of alkyl halides is 3. The zero-order chi connectivity index (χ0) is 20.3. The maximum atomic E-state index is 12.5. The van der Waals surface area contributed by atoms with E-state index >= 15 is 0 Å². The second-order valence-corrected chi connectivity index (χ2v) is 7.29. The van der Waals surface area contributed by atoms with E-state index in [0.717, 1.165) is 54.6 Å². The zero-order valence-electron chi connectivity index (χ0n) is 15.9. The van der Waals surface area contributed by atoms with E-state index in [1.54, 1.807) is 6.07 Å². The van der Waals surface area contributed by atoms with Crippen LogP contribution in [-0.4, -0.2) is 22.8 Å². The van der Waals surface area contributed by atoms with Gasteiger partial charge in [0.25, 0.3) is 0 Å². The van der Waals surface area contributed by atoms with Gasteiger partial charge in [-0.25, -0.2) is 4.98 Å². The van der Waals surface area contributed by atoms with Crippen molar-refractivity contribution in [2.45, 2.75) is 58.0 Å². The molecule has 0 amide bonds. The van der Waals surface area contributed by atoms with Crippen molar-refractivity contribution in [1.82, 2.24) is 9.97 Å². The summed E-state index contributed by atoms with van der Waals surface area (Å²) in [6.07, 6.45) is 1.75. The van der Waals surface area contributed by atoms with Crippen molar-refractivity contribution >= 4 is 0 Å². The van der Waals surface area contributed by atoms with Crippen LogP contribution < -0.4 is 4.74 Å². The Morgan fingerprint density at radius 2 is 1.96 bits per heavy atom. The molecule has 0 fully saturated rings. The largest absolute Gasteiger partial charge is 0.468 e. The zero-order valence-corrected chi connectivity index (χ0v) is 15.9. The highest BCUT2D eigenvalue weighted by Gasteiger charge is 2.29. The fraction of sp³-hybridized carbons (Fsp3) is 0.476. The molecule has 4 nitrogen and oxygen atoms in total. The summed E-state index contributed by atoms with van der Waals surface area (Å²) in [5, 5.41) is 9.88. The Morgan fingerprint density at radius 3 is 2.64 bits per heavy atom. The van der Waals surface area contributed by atoms with E-state index in [-0.39, 0.29) is 11.8 Å². The van der Waals surface area contributed by atoms with Crippen molar-refractivity contribution in [2.24, 2.45) is 0 Å². The summed E-state index contributed by atoms with van der Waals surface area (Å²) in [6.45, 7) is 2.57. The smallest absolute Gasteiger partial charge is 0.422 e. The van der Waals surface area contributed by atoms with Crippen LogP contribution in [-0.2, 0) is 12.8 Å². The molecule has 3 rings (SSSR count). The monoisotopic (exact) mass is 389 g/mol. The second-order valence-electron chi connectivity index (χ2n) is 7.29. The van der Waals surface area contributed by atoms with Gasteiger partial charge < -0.3 is 4.74 Å². The van der Waals surface area contributed by atoms with Crippen LogP contribution in [0.15, 0.2) is 18.3 Å². The number of halogens is 3. The maximum Gasteiger partial charge on any atom is 0.422 e. The van der Waals surface area contributed by atoms with E-state index in [1.807, 2.05) is 13.8 Å². The molecule has 0 N–H and O–H groups in total. The highest BCUT2D eigenvalue weighted by Crippen LogP contribution is 2.37. The fourth-order valence-electron chi connectivity index (χ4n) is 3.59. The molecule has 1 aliphatic carbocycles. The molecular weight excluding hydrogens is 367 g/mol. The molecular formula is C21H22F3N3O. The summed E-state index contributed by atoms with van der Waals surface area (Å²) >= 11 is 0. The molecule has 0 saturated heterocycles. The molecule has 0 spiro atoms. The van der Waals surface area contributed by atoms with Crippen molar-refractivity contribution < 1.29 is 17.9 Å². The van der Waals surface area contributed by atoms with Gasteiger partial charge in [-0.1, -0.05) is 20.3 Å². The van der Waals surface area contributed by atoms with E-state index < -0.39 is 12.8 Å². The minimum atomic E-state index is -4.44. The predicted molar refractivity (Wildman–Crippen MR) is 99.1 cm³/mol. The third-order valence-corrected chi connectivity index (χ3v) is 4.82. The van der Waals surface area contributed by atoms with Crippen LogP contribution in [0.5, 0.6) is 5.88 Å². The minimum absolute atomic E-state index is 0.0599. The lowest BCUT2D eigenvalue weighted by atomic mass is 9.88. The van der Waals surface area contributed by atoms with Gasteiger partial charge in [-0.2, -0.15) is 18.4 Å². The Hall–Kier alpha value is -2.62. The molecule has 0 atom stereocenters. The first-order valence-corrected chi connectivity index (χ1v) is 9.42. The van der Waals surface area contributed by atoms with E-state index in [0.29, 0.717) is 11.1 Å². The van der Waals surface area contributed by atoms with Gasteiger partial charge in [0.2, 0.25) is 5.88 Å². The van der Waals surface area contributed by atoms with Gasteiger partial charge >= 0.3 is 6.18 Å². The summed E-state index contributed by atoms with van der Waals surface area (Å²) < 4.78 is 42.3. The molecule has 2 aromatic heterocycles. The number of pyridine rings is 2. The van der Waals surface area contributed by atoms with E-state index in [9.17, 15) is 18.4 Å². The van der Waals surface area contributed by atoms with Gasteiger partial charge in [-0.15, -0.1) is 0 Å². The molecule has 28 heavy (non-hydrogen) atoms. The Balaban J connectivity index is 2.15. The lowest BCUT2D eigenvalue weighted by Gasteiger charge is -2.19. The molecule has 0 unspecified atom stereocenters. The van der Waals surface area contributed by atoms with Gasteiger partial charge in [0.05, 0.1) is 11.3 Å². The van der Waals surface area contributed by atoms with Crippen LogP contribution in [0, 0.1) is 11.3 Å². The predicted octanol–water partition coefficient (Wildman–Crippen LogP) is 5.35. The van der Waals surface area contributed by atoms with Crippen LogP contribution in [0.2, 0.25) is 0 Å². The summed E-state index contributed by atoms with van der Waals surface area (Å²) in [6, 6.07) is 5.48. The van der Waals surface area contributed by atoms with E-state index in [1.165, 1.54) is 12.3 Å². The number of hydrogen-bond donors (Lipinski definition) is 0. The third-order valence-electron chi connectivity index (χ3n) is 4.82. The Kier molecular flexibility index (Phi) is 5.87. The molecule has 7 heteroatoms.